The van der Waals surface area contributed by atoms with Crippen LogP contribution < -0.4 is 10.5 Å². The fourth-order valence-electron chi connectivity index (χ4n) is 2.55. The van der Waals surface area contributed by atoms with Crippen LogP contribution in [0.15, 0.2) is 24.4 Å². The quantitative estimate of drug-likeness (QED) is 0.831. The smallest absolute Gasteiger partial charge is 0.220 e. The molecular formula is C14H15N3O. The van der Waals surface area contributed by atoms with Gasteiger partial charge < -0.3 is 10.5 Å². The molecule has 92 valence electrons. The molecule has 0 radical (unpaired) electrons. The molecule has 4 heteroatoms. The Morgan fingerprint density at radius 3 is 2.94 bits per heavy atom. The second-order valence-electron chi connectivity index (χ2n) is 4.43. The van der Waals surface area contributed by atoms with Crippen molar-refractivity contribution < 1.29 is 4.74 Å². The van der Waals surface area contributed by atoms with Crippen molar-refractivity contribution >= 4 is 5.95 Å². The number of rotatable bonds is 1. The average molecular weight is 241 g/mol. The van der Waals surface area contributed by atoms with E-state index in [4.69, 9.17) is 10.5 Å². The Balaban J connectivity index is 2.25. The number of nitrogen functional groups attached to an aromatic ring is 1. The number of methoxy groups -OCH3 is 1. The molecule has 0 spiro atoms. The predicted octanol–water partition coefficient (Wildman–Crippen LogP) is 2.22. The summed E-state index contributed by atoms with van der Waals surface area (Å²) in [5, 5.41) is 0. The van der Waals surface area contributed by atoms with Gasteiger partial charge in [-0.05, 0) is 30.9 Å². The monoisotopic (exact) mass is 241 g/mol. The predicted molar refractivity (Wildman–Crippen MR) is 70.5 cm³/mol. The lowest BCUT2D eigenvalue weighted by atomic mass is 9.99. The fourth-order valence-corrected chi connectivity index (χ4v) is 2.55. The maximum Gasteiger partial charge on any atom is 0.220 e. The molecule has 18 heavy (non-hydrogen) atoms. The number of nitrogens with zero attached hydrogens (tertiary/aromatic N) is 2. The molecule has 3 rings (SSSR count). The summed E-state index contributed by atoms with van der Waals surface area (Å²) in [6, 6.07) is 6.10. The van der Waals surface area contributed by atoms with Crippen molar-refractivity contribution in [3.05, 3.63) is 35.7 Å². The Labute approximate surface area is 106 Å². The highest BCUT2D eigenvalue weighted by molar-refractivity contribution is 5.72. The molecular weight excluding hydrogens is 226 g/mol. The Morgan fingerprint density at radius 1 is 1.22 bits per heavy atom. The Morgan fingerprint density at radius 2 is 2.11 bits per heavy atom. The van der Waals surface area contributed by atoms with Crippen molar-refractivity contribution in [2.24, 2.45) is 0 Å². The first-order chi connectivity index (χ1) is 8.79. The van der Waals surface area contributed by atoms with Gasteiger partial charge in [0.05, 0.1) is 12.8 Å². The number of benzene rings is 1. The van der Waals surface area contributed by atoms with Gasteiger partial charge in [0.15, 0.2) is 0 Å². The molecule has 1 aliphatic rings. The second kappa shape index (κ2) is 4.29. The van der Waals surface area contributed by atoms with Crippen LogP contribution in [-0.4, -0.2) is 17.1 Å². The van der Waals surface area contributed by atoms with E-state index >= 15 is 0 Å². The van der Waals surface area contributed by atoms with Gasteiger partial charge in [0, 0.05) is 17.3 Å². The van der Waals surface area contributed by atoms with Crippen LogP contribution in [0, 0.1) is 0 Å². The molecule has 1 heterocycles. The number of anilines is 1. The third kappa shape index (κ3) is 1.70. The number of aromatic nitrogens is 2. The van der Waals surface area contributed by atoms with Crippen molar-refractivity contribution in [1.29, 1.82) is 0 Å². The van der Waals surface area contributed by atoms with Gasteiger partial charge in [0.1, 0.15) is 5.75 Å². The minimum atomic E-state index is 0.347. The maximum absolute atomic E-state index is 5.66. The normalized spacial score (nSPS) is 13.4. The van der Waals surface area contributed by atoms with Crippen molar-refractivity contribution in [3.8, 4) is 16.9 Å². The summed E-state index contributed by atoms with van der Waals surface area (Å²) in [4.78, 5) is 8.47. The zero-order valence-corrected chi connectivity index (χ0v) is 10.3. The van der Waals surface area contributed by atoms with Crippen molar-refractivity contribution in [2.75, 3.05) is 12.8 Å². The van der Waals surface area contributed by atoms with Crippen LogP contribution >= 0.6 is 0 Å². The van der Waals surface area contributed by atoms with Gasteiger partial charge in [-0.2, -0.15) is 0 Å². The maximum atomic E-state index is 5.66. The molecule has 1 aliphatic carbocycles. The number of hydrogen-bond acceptors (Lipinski definition) is 4. The molecule has 0 amide bonds. The van der Waals surface area contributed by atoms with E-state index in [1.165, 1.54) is 11.1 Å². The van der Waals surface area contributed by atoms with Gasteiger partial charge in [0.25, 0.3) is 0 Å². The molecule has 2 aromatic rings. The van der Waals surface area contributed by atoms with Gasteiger partial charge in [-0.1, -0.05) is 12.1 Å². The molecule has 0 saturated heterocycles. The number of hydrogen-bond donors (Lipinski definition) is 1. The third-order valence-electron chi connectivity index (χ3n) is 3.37. The lowest BCUT2D eigenvalue weighted by molar-refractivity contribution is 0.409. The number of nitrogens with two attached hydrogens (primary N) is 1. The minimum Gasteiger partial charge on any atom is -0.496 e. The first-order valence-corrected chi connectivity index (χ1v) is 6.07. The standard InChI is InChI=1S/C14H15N3O/c1-18-13-7-3-4-9-10(13)5-2-6-12-11(9)8-16-14(15)17-12/h3-4,7-8H,2,5-6H2,1H3,(H2,15,16,17). The highest BCUT2D eigenvalue weighted by atomic mass is 16.5. The number of aryl methyl sites for hydroxylation is 1. The molecule has 0 atom stereocenters. The average Bonchev–Trinajstić information content (AvgIpc) is 2.57. The molecule has 4 nitrogen and oxygen atoms in total. The molecule has 0 bridgehead atoms. The van der Waals surface area contributed by atoms with Crippen molar-refractivity contribution in [2.45, 2.75) is 19.3 Å². The van der Waals surface area contributed by atoms with E-state index in [-0.39, 0.29) is 0 Å². The molecule has 0 unspecified atom stereocenters. The zero-order valence-electron chi connectivity index (χ0n) is 10.3. The van der Waals surface area contributed by atoms with Crippen molar-refractivity contribution in [1.82, 2.24) is 9.97 Å². The molecule has 0 saturated carbocycles. The van der Waals surface area contributed by atoms with Gasteiger partial charge in [0.2, 0.25) is 5.95 Å². The minimum absolute atomic E-state index is 0.347. The number of fused-ring (bicyclic) bond motifs is 3. The van der Waals surface area contributed by atoms with Gasteiger partial charge in [-0.3, -0.25) is 0 Å². The largest absolute Gasteiger partial charge is 0.496 e. The van der Waals surface area contributed by atoms with E-state index in [9.17, 15) is 0 Å². The van der Waals surface area contributed by atoms with Crippen LogP contribution in [0.1, 0.15) is 17.7 Å². The van der Waals surface area contributed by atoms with Crippen LogP contribution in [0.2, 0.25) is 0 Å². The summed E-state index contributed by atoms with van der Waals surface area (Å²) >= 11 is 0. The van der Waals surface area contributed by atoms with Gasteiger partial charge in [-0.25, -0.2) is 9.97 Å². The van der Waals surface area contributed by atoms with E-state index in [2.05, 4.69) is 16.0 Å². The summed E-state index contributed by atoms with van der Waals surface area (Å²) in [5.41, 5.74) is 10.2. The fraction of sp³-hybridized carbons (Fsp3) is 0.286. The van der Waals surface area contributed by atoms with Crippen LogP contribution in [0.25, 0.3) is 11.1 Å². The van der Waals surface area contributed by atoms with Crippen LogP contribution in [0.4, 0.5) is 5.95 Å². The summed E-state index contributed by atoms with van der Waals surface area (Å²) < 4.78 is 5.44. The zero-order chi connectivity index (χ0) is 12.5. The highest BCUT2D eigenvalue weighted by Gasteiger charge is 2.18. The van der Waals surface area contributed by atoms with E-state index in [1.807, 2.05) is 18.3 Å². The van der Waals surface area contributed by atoms with Crippen LogP contribution in [0.3, 0.4) is 0 Å². The summed E-state index contributed by atoms with van der Waals surface area (Å²) in [6.07, 6.45) is 4.80. The second-order valence-corrected chi connectivity index (χ2v) is 4.43. The lowest BCUT2D eigenvalue weighted by Crippen LogP contribution is -2.00. The summed E-state index contributed by atoms with van der Waals surface area (Å²) in [7, 11) is 1.71. The van der Waals surface area contributed by atoms with Gasteiger partial charge >= 0.3 is 0 Å². The topological polar surface area (TPSA) is 61.0 Å². The van der Waals surface area contributed by atoms with Crippen LogP contribution in [0.5, 0.6) is 5.75 Å². The molecule has 1 aromatic carbocycles. The van der Waals surface area contributed by atoms with Gasteiger partial charge in [-0.15, -0.1) is 0 Å². The molecule has 0 aliphatic heterocycles. The Hall–Kier alpha value is -2.10. The van der Waals surface area contributed by atoms with E-state index < -0.39 is 0 Å². The first-order valence-electron chi connectivity index (χ1n) is 6.07. The highest BCUT2D eigenvalue weighted by Crippen LogP contribution is 2.36. The van der Waals surface area contributed by atoms with Crippen LogP contribution in [-0.2, 0) is 12.8 Å². The molecule has 2 N–H and O–H groups in total. The summed E-state index contributed by atoms with van der Waals surface area (Å²) in [5.74, 6) is 1.29. The summed E-state index contributed by atoms with van der Waals surface area (Å²) in [6.45, 7) is 0. The molecule has 1 aromatic heterocycles. The van der Waals surface area contributed by atoms with E-state index in [0.717, 1.165) is 36.3 Å². The third-order valence-corrected chi connectivity index (χ3v) is 3.37. The van der Waals surface area contributed by atoms with E-state index in [0.29, 0.717) is 5.95 Å². The lowest BCUT2D eigenvalue weighted by Gasteiger charge is -2.12. The van der Waals surface area contributed by atoms with Crippen molar-refractivity contribution in [3.63, 3.8) is 0 Å². The first kappa shape index (κ1) is 11.0. The number of ether oxygens (including phenoxy) is 1. The SMILES string of the molecule is COc1cccc2c1CCCc1nc(N)ncc1-2. The Bertz CT molecular complexity index is 596. The Kier molecular flexibility index (Phi) is 2.63. The van der Waals surface area contributed by atoms with E-state index in [1.54, 1.807) is 7.11 Å². The molecule has 0 fully saturated rings.